The Bertz CT molecular complexity index is 1110. The minimum atomic E-state index is -0.0211. The van der Waals surface area contributed by atoms with Crippen LogP contribution >= 0.6 is 15.9 Å². The molecule has 0 saturated carbocycles. The number of hydrogen-bond acceptors (Lipinski definition) is 7. The van der Waals surface area contributed by atoms with Crippen LogP contribution in [0.4, 0.5) is 5.69 Å². The lowest BCUT2D eigenvalue weighted by atomic mass is 9.86. The fourth-order valence-corrected chi connectivity index (χ4v) is 4.83. The Kier molecular flexibility index (Phi) is 5.62. The monoisotopic (exact) mass is 485 g/mol. The predicted molar refractivity (Wildman–Crippen MR) is 119 cm³/mol. The topological polar surface area (TPSA) is 91.2 Å². The minimum Gasteiger partial charge on any atom is -0.423 e. The van der Waals surface area contributed by atoms with Gasteiger partial charge in [0, 0.05) is 30.3 Å². The summed E-state index contributed by atoms with van der Waals surface area (Å²) in [6.07, 6.45) is 8.89. The van der Waals surface area contributed by atoms with Crippen molar-refractivity contribution in [2.24, 2.45) is 5.92 Å². The molecule has 1 fully saturated rings. The standard InChI is InChI=1S/C22H24BrN5O3/c1-13-14(7-8-29)10-15-17(26-13)6-5-16(23)20(15)31-22-24-11-18-21(27-22)25-12-28(18)19-4-2-3-9-30-19/h5-6,8,11-14,19,26H,2-4,7,9-10H2,1H3/t13?,14?,19-/m0/s1. The first kappa shape index (κ1) is 20.4. The second-order valence-electron chi connectivity index (χ2n) is 8.14. The number of nitrogens with one attached hydrogen (secondary N) is 1. The number of aromatic nitrogens is 4. The molecule has 1 saturated heterocycles. The largest absolute Gasteiger partial charge is 0.423 e. The van der Waals surface area contributed by atoms with E-state index in [0.29, 0.717) is 17.8 Å². The molecule has 1 aromatic carbocycles. The molecule has 5 rings (SSSR count). The molecule has 9 heteroatoms. The number of halogens is 1. The first-order valence-corrected chi connectivity index (χ1v) is 11.4. The van der Waals surface area contributed by atoms with Gasteiger partial charge in [-0.3, -0.25) is 0 Å². The first-order valence-electron chi connectivity index (χ1n) is 10.6. The molecule has 3 aromatic rings. The van der Waals surface area contributed by atoms with Gasteiger partial charge in [0.1, 0.15) is 18.0 Å². The highest BCUT2D eigenvalue weighted by Crippen LogP contribution is 2.42. The third kappa shape index (κ3) is 3.92. The summed E-state index contributed by atoms with van der Waals surface area (Å²) in [6.45, 7) is 2.86. The Balaban J connectivity index is 1.45. The van der Waals surface area contributed by atoms with Crippen molar-refractivity contribution in [3.63, 3.8) is 0 Å². The molecule has 3 atom stereocenters. The van der Waals surface area contributed by atoms with E-state index in [9.17, 15) is 4.79 Å². The van der Waals surface area contributed by atoms with E-state index in [1.807, 2.05) is 16.7 Å². The quantitative estimate of drug-likeness (QED) is 0.526. The van der Waals surface area contributed by atoms with Gasteiger partial charge in [-0.15, -0.1) is 0 Å². The van der Waals surface area contributed by atoms with Gasteiger partial charge < -0.3 is 24.2 Å². The van der Waals surface area contributed by atoms with Crippen molar-refractivity contribution < 1.29 is 14.3 Å². The summed E-state index contributed by atoms with van der Waals surface area (Å²) in [4.78, 5) is 24.5. The highest BCUT2D eigenvalue weighted by atomic mass is 79.9. The van der Waals surface area contributed by atoms with E-state index in [1.54, 1.807) is 12.5 Å². The highest BCUT2D eigenvalue weighted by molar-refractivity contribution is 9.10. The molecular formula is C22H24BrN5O3. The number of anilines is 1. The van der Waals surface area contributed by atoms with E-state index < -0.39 is 0 Å². The smallest absolute Gasteiger partial charge is 0.324 e. The number of carbonyl (C=O) groups excluding carboxylic acids is 1. The fraction of sp³-hybridized carbons (Fsp3) is 0.455. The highest BCUT2D eigenvalue weighted by Gasteiger charge is 2.28. The van der Waals surface area contributed by atoms with Gasteiger partial charge in [0.2, 0.25) is 0 Å². The summed E-state index contributed by atoms with van der Waals surface area (Å²) in [5.41, 5.74) is 3.43. The zero-order valence-electron chi connectivity index (χ0n) is 17.3. The van der Waals surface area contributed by atoms with Crippen LogP contribution in [-0.4, -0.2) is 38.5 Å². The number of benzene rings is 1. The van der Waals surface area contributed by atoms with Gasteiger partial charge in [0.05, 0.1) is 17.0 Å². The van der Waals surface area contributed by atoms with E-state index in [4.69, 9.17) is 9.47 Å². The maximum absolute atomic E-state index is 11.1. The number of aldehydes is 1. The molecule has 0 aliphatic carbocycles. The molecule has 0 spiro atoms. The second-order valence-corrected chi connectivity index (χ2v) is 8.99. The number of imidazole rings is 1. The van der Waals surface area contributed by atoms with Crippen LogP contribution in [0.2, 0.25) is 0 Å². The molecule has 2 unspecified atom stereocenters. The van der Waals surface area contributed by atoms with Crippen molar-refractivity contribution in [3.05, 3.63) is 34.7 Å². The van der Waals surface area contributed by atoms with Crippen LogP contribution in [0.3, 0.4) is 0 Å². The van der Waals surface area contributed by atoms with E-state index in [1.165, 1.54) is 0 Å². The van der Waals surface area contributed by atoms with Gasteiger partial charge in [-0.1, -0.05) is 0 Å². The Morgan fingerprint density at radius 1 is 1.35 bits per heavy atom. The zero-order valence-corrected chi connectivity index (χ0v) is 18.8. The lowest BCUT2D eigenvalue weighted by Gasteiger charge is -2.32. The Labute approximate surface area is 188 Å². The normalized spacial score (nSPS) is 23.2. The van der Waals surface area contributed by atoms with Crippen LogP contribution in [0.5, 0.6) is 11.8 Å². The van der Waals surface area contributed by atoms with Gasteiger partial charge in [-0.2, -0.15) is 4.98 Å². The zero-order chi connectivity index (χ0) is 21.4. The van der Waals surface area contributed by atoms with Gasteiger partial charge in [0.15, 0.2) is 11.4 Å². The number of carbonyl (C=O) groups is 1. The second kappa shape index (κ2) is 8.55. The van der Waals surface area contributed by atoms with Crippen LogP contribution in [-0.2, 0) is 16.0 Å². The summed E-state index contributed by atoms with van der Waals surface area (Å²) in [7, 11) is 0. The Hall–Kier alpha value is -2.52. The number of nitrogens with zero attached hydrogens (tertiary/aromatic N) is 4. The molecule has 1 N–H and O–H groups in total. The maximum Gasteiger partial charge on any atom is 0.324 e. The summed E-state index contributed by atoms with van der Waals surface area (Å²) >= 11 is 3.60. The summed E-state index contributed by atoms with van der Waals surface area (Å²) < 4.78 is 14.8. The molecule has 162 valence electrons. The third-order valence-corrected chi connectivity index (χ3v) is 6.76. The van der Waals surface area contributed by atoms with Crippen LogP contribution in [0.1, 0.15) is 44.4 Å². The van der Waals surface area contributed by atoms with Gasteiger partial charge in [-0.05, 0) is 66.6 Å². The van der Waals surface area contributed by atoms with Crippen LogP contribution in [0.25, 0.3) is 11.2 Å². The van der Waals surface area contributed by atoms with Crippen molar-refractivity contribution in [3.8, 4) is 11.8 Å². The molecular weight excluding hydrogens is 462 g/mol. The molecule has 8 nitrogen and oxygen atoms in total. The van der Waals surface area contributed by atoms with Gasteiger partial charge in [-0.25, -0.2) is 9.97 Å². The average molecular weight is 486 g/mol. The fourth-order valence-electron chi connectivity index (χ4n) is 4.38. The average Bonchev–Trinajstić information content (AvgIpc) is 3.21. The number of fused-ring (bicyclic) bond motifs is 2. The van der Waals surface area contributed by atoms with Crippen molar-refractivity contribution >= 4 is 39.1 Å². The maximum atomic E-state index is 11.1. The third-order valence-electron chi connectivity index (χ3n) is 6.14. The van der Waals surface area contributed by atoms with E-state index in [2.05, 4.69) is 43.1 Å². The number of rotatable bonds is 5. The van der Waals surface area contributed by atoms with E-state index in [0.717, 1.165) is 59.8 Å². The molecule has 31 heavy (non-hydrogen) atoms. The minimum absolute atomic E-state index is 0.0211. The SMILES string of the molecule is CC1Nc2ccc(Br)c(Oc3ncc4c(ncn4[C@@H]4CCCCO4)n3)c2CC1CC=O. The van der Waals surface area contributed by atoms with Crippen LogP contribution < -0.4 is 10.1 Å². The lowest BCUT2D eigenvalue weighted by molar-refractivity contribution is -0.108. The summed E-state index contributed by atoms with van der Waals surface area (Å²) in [5, 5.41) is 3.49. The predicted octanol–water partition coefficient (Wildman–Crippen LogP) is 4.64. The Morgan fingerprint density at radius 3 is 3.06 bits per heavy atom. The molecule has 4 heterocycles. The molecule has 2 aromatic heterocycles. The number of ether oxygens (including phenoxy) is 2. The van der Waals surface area contributed by atoms with Crippen molar-refractivity contribution in [2.75, 3.05) is 11.9 Å². The van der Waals surface area contributed by atoms with Crippen LogP contribution in [0.15, 0.2) is 29.1 Å². The van der Waals surface area contributed by atoms with Crippen molar-refractivity contribution in [1.29, 1.82) is 0 Å². The first-order chi connectivity index (χ1) is 15.1. The summed E-state index contributed by atoms with van der Waals surface area (Å²) in [5.74, 6) is 0.874. The number of hydrogen-bond donors (Lipinski definition) is 1. The molecule has 2 aliphatic rings. The van der Waals surface area contributed by atoms with Gasteiger partial charge >= 0.3 is 6.01 Å². The molecule has 2 aliphatic heterocycles. The van der Waals surface area contributed by atoms with Crippen molar-refractivity contribution in [2.45, 2.75) is 51.3 Å². The molecule has 0 radical (unpaired) electrons. The lowest BCUT2D eigenvalue weighted by Crippen LogP contribution is -2.33. The Morgan fingerprint density at radius 2 is 2.26 bits per heavy atom. The molecule has 0 amide bonds. The summed E-state index contributed by atoms with van der Waals surface area (Å²) in [6, 6.07) is 4.42. The molecule has 0 bridgehead atoms. The van der Waals surface area contributed by atoms with E-state index >= 15 is 0 Å². The van der Waals surface area contributed by atoms with Crippen LogP contribution in [0, 0.1) is 5.92 Å². The van der Waals surface area contributed by atoms with E-state index in [-0.39, 0.29) is 24.2 Å². The van der Waals surface area contributed by atoms with Crippen molar-refractivity contribution in [1.82, 2.24) is 19.5 Å². The van der Waals surface area contributed by atoms with Gasteiger partial charge in [0.25, 0.3) is 0 Å².